The van der Waals surface area contributed by atoms with Gasteiger partial charge in [0.25, 0.3) is 0 Å². The topological polar surface area (TPSA) is 57.0 Å². The molecule has 108 valence electrons. The summed E-state index contributed by atoms with van der Waals surface area (Å²) in [5.74, 6) is 0.512. The summed E-state index contributed by atoms with van der Waals surface area (Å²) in [6, 6.07) is 0.201. The molecule has 0 spiro atoms. The lowest BCUT2D eigenvalue weighted by molar-refractivity contribution is 0.121. The molecule has 0 aromatic heterocycles. The van der Waals surface area contributed by atoms with Crippen LogP contribution in [0.4, 0.5) is 0 Å². The Labute approximate surface area is 111 Å². The van der Waals surface area contributed by atoms with Gasteiger partial charge in [0.2, 0.25) is 0 Å². The first-order chi connectivity index (χ1) is 8.77. The first-order valence-corrected chi connectivity index (χ1v) is 6.81. The number of rotatable bonds is 10. The van der Waals surface area contributed by atoms with Crippen LogP contribution in [0.5, 0.6) is 0 Å². The van der Waals surface area contributed by atoms with E-state index in [0.717, 1.165) is 58.9 Å². The summed E-state index contributed by atoms with van der Waals surface area (Å²) >= 11 is 0. The molecule has 18 heavy (non-hydrogen) atoms. The van der Waals surface area contributed by atoms with Crippen molar-refractivity contribution in [3.8, 4) is 0 Å². The van der Waals surface area contributed by atoms with Crippen molar-refractivity contribution in [1.82, 2.24) is 4.90 Å². The summed E-state index contributed by atoms with van der Waals surface area (Å²) < 4.78 is 15.6. The predicted molar refractivity (Wildman–Crippen MR) is 71.7 cm³/mol. The third kappa shape index (κ3) is 6.11. The molecule has 1 aliphatic rings. The lowest BCUT2D eigenvalue weighted by atomic mass is 9.99. The Kier molecular flexibility index (Phi) is 8.54. The minimum atomic E-state index is 0.201. The molecule has 2 unspecified atom stereocenters. The van der Waals surface area contributed by atoms with Gasteiger partial charge < -0.3 is 19.9 Å². The van der Waals surface area contributed by atoms with Crippen molar-refractivity contribution in [2.45, 2.75) is 18.9 Å². The molecule has 0 bridgehead atoms. The Morgan fingerprint density at radius 2 is 2.06 bits per heavy atom. The highest BCUT2D eigenvalue weighted by Gasteiger charge is 2.24. The standard InChI is InChI=1S/C13H28N2O3/c1-16-7-3-5-15(6-9-17-2)10-13(14)12-4-8-18-11-12/h12-13H,3-11,14H2,1-2H3. The van der Waals surface area contributed by atoms with E-state index in [4.69, 9.17) is 19.9 Å². The van der Waals surface area contributed by atoms with Gasteiger partial charge in [-0.25, -0.2) is 0 Å². The Bertz CT molecular complexity index is 199. The summed E-state index contributed by atoms with van der Waals surface area (Å²) in [7, 11) is 3.47. The number of methoxy groups -OCH3 is 2. The monoisotopic (exact) mass is 260 g/mol. The van der Waals surface area contributed by atoms with E-state index >= 15 is 0 Å². The maximum atomic E-state index is 6.26. The number of ether oxygens (including phenoxy) is 3. The van der Waals surface area contributed by atoms with Crippen molar-refractivity contribution in [1.29, 1.82) is 0 Å². The molecular weight excluding hydrogens is 232 g/mol. The van der Waals surface area contributed by atoms with E-state index in [2.05, 4.69) is 4.90 Å². The molecule has 1 aliphatic heterocycles. The van der Waals surface area contributed by atoms with E-state index < -0.39 is 0 Å². The van der Waals surface area contributed by atoms with Gasteiger partial charge in [-0.3, -0.25) is 4.90 Å². The Balaban J connectivity index is 2.28. The molecule has 0 aromatic carbocycles. The van der Waals surface area contributed by atoms with Gasteiger partial charge in [-0.1, -0.05) is 0 Å². The molecule has 0 aliphatic carbocycles. The van der Waals surface area contributed by atoms with Crippen LogP contribution in [0, 0.1) is 5.92 Å². The molecule has 1 rings (SSSR count). The van der Waals surface area contributed by atoms with Crippen LogP contribution in [0.2, 0.25) is 0 Å². The van der Waals surface area contributed by atoms with Gasteiger partial charge in [-0.15, -0.1) is 0 Å². The maximum Gasteiger partial charge on any atom is 0.0589 e. The zero-order chi connectivity index (χ0) is 13.2. The van der Waals surface area contributed by atoms with Gasteiger partial charge in [0.1, 0.15) is 0 Å². The summed E-state index contributed by atoms with van der Waals surface area (Å²) in [4.78, 5) is 2.37. The van der Waals surface area contributed by atoms with E-state index in [1.807, 2.05) is 0 Å². The van der Waals surface area contributed by atoms with Crippen molar-refractivity contribution < 1.29 is 14.2 Å². The molecule has 1 heterocycles. The molecule has 2 atom stereocenters. The Morgan fingerprint density at radius 3 is 2.67 bits per heavy atom. The zero-order valence-corrected chi connectivity index (χ0v) is 11.8. The second kappa shape index (κ2) is 9.69. The SMILES string of the molecule is COCCCN(CCOC)CC(N)C1CCOC1. The summed E-state index contributed by atoms with van der Waals surface area (Å²) in [5, 5.41) is 0. The molecule has 2 N–H and O–H groups in total. The quantitative estimate of drug-likeness (QED) is 0.574. The van der Waals surface area contributed by atoms with Crippen LogP contribution in [-0.4, -0.2) is 71.2 Å². The number of nitrogens with zero attached hydrogens (tertiary/aromatic N) is 1. The average Bonchev–Trinajstić information content (AvgIpc) is 2.89. The lowest BCUT2D eigenvalue weighted by Crippen LogP contribution is -2.44. The van der Waals surface area contributed by atoms with Crippen LogP contribution >= 0.6 is 0 Å². The lowest BCUT2D eigenvalue weighted by Gasteiger charge is -2.27. The van der Waals surface area contributed by atoms with Crippen LogP contribution < -0.4 is 5.73 Å². The molecule has 0 aromatic rings. The van der Waals surface area contributed by atoms with Crippen molar-refractivity contribution >= 4 is 0 Å². The maximum absolute atomic E-state index is 6.26. The highest BCUT2D eigenvalue weighted by molar-refractivity contribution is 4.79. The van der Waals surface area contributed by atoms with E-state index in [9.17, 15) is 0 Å². The summed E-state index contributed by atoms with van der Waals surface area (Å²) in [6.45, 7) is 6.09. The van der Waals surface area contributed by atoms with Crippen LogP contribution in [0.1, 0.15) is 12.8 Å². The van der Waals surface area contributed by atoms with E-state index in [1.54, 1.807) is 14.2 Å². The Hall–Kier alpha value is -0.200. The predicted octanol–water partition coefficient (Wildman–Crippen LogP) is 0.335. The fourth-order valence-electron chi connectivity index (χ4n) is 2.28. The number of hydrogen-bond acceptors (Lipinski definition) is 5. The smallest absolute Gasteiger partial charge is 0.0589 e. The molecule has 5 nitrogen and oxygen atoms in total. The van der Waals surface area contributed by atoms with Gasteiger partial charge in [-0.2, -0.15) is 0 Å². The molecule has 0 radical (unpaired) electrons. The van der Waals surface area contributed by atoms with Crippen LogP contribution in [0.15, 0.2) is 0 Å². The van der Waals surface area contributed by atoms with Gasteiger partial charge in [0, 0.05) is 59.0 Å². The molecule has 0 saturated carbocycles. The van der Waals surface area contributed by atoms with Crippen molar-refractivity contribution in [3.63, 3.8) is 0 Å². The van der Waals surface area contributed by atoms with Gasteiger partial charge in [-0.05, 0) is 12.8 Å². The number of hydrogen-bond donors (Lipinski definition) is 1. The largest absolute Gasteiger partial charge is 0.385 e. The first kappa shape index (κ1) is 15.9. The fourth-order valence-corrected chi connectivity index (χ4v) is 2.28. The second-order valence-electron chi connectivity index (χ2n) is 4.93. The molecule has 1 fully saturated rings. The highest BCUT2D eigenvalue weighted by Crippen LogP contribution is 2.16. The van der Waals surface area contributed by atoms with Crippen molar-refractivity contribution in [3.05, 3.63) is 0 Å². The van der Waals surface area contributed by atoms with Crippen LogP contribution in [0.25, 0.3) is 0 Å². The summed E-state index contributed by atoms with van der Waals surface area (Å²) in [5.41, 5.74) is 6.26. The molecule has 1 saturated heterocycles. The Morgan fingerprint density at radius 1 is 1.28 bits per heavy atom. The first-order valence-electron chi connectivity index (χ1n) is 6.81. The molecular formula is C13H28N2O3. The minimum Gasteiger partial charge on any atom is -0.385 e. The number of nitrogens with two attached hydrogens (primary N) is 1. The minimum absolute atomic E-state index is 0.201. The van der Waals surface area contributed by atoms with Gasteiger partial charge in [0.05, 0.1) is 13.2 Å². The van der Waals surface area contributed by atoms with E-state index in [1.165, 1.54) is 0 Å². The van der Waals surface area contributed by atoms with E-state index in [-0.39, 0.29) is 6.04 Å². The van der Waals surface area contributed by atoms with Crippen molar-refractivity contribution in [2.75, 3.05) is 60.3 Å². The zero-order valence-electron chi connectivity index (χ0n) is 11.8. The third-order valence-electron chi connectivity index (χ3n) is 3.47. The second-order valence-corrected chi connectivity index (χ2v) is 4.93. The van der Waals surface area contributed by atoms with Crippen molar-refractivity contribution in [2.24, 2.45) is 11.7 Å². The fraction of sp³-hybridized carbons (Fsp3) is 1.00. The molecule has 5 heteroatoms. The van der Waals surface area contributed by atoms with Crippen LogP contribution in [-0.2, 0) is 14.2 Å². The highest BCUT2D eigenvalue weighted by atomic mass is 16.5. The van der Waals surface area contributed by atoms with Gasteiger partial charge >= 0.3 is 0 Å². The normalized spacial score (nSPS) is 21.7. The summed E-state index contributed by atoms with van der Waals surface area (Å²) in [6.07, 6.45) is 2.13. The third-order valence-corrected chi connectivity index (χ3v) is 3.47. The van der Waals surface area contributed by atoms with Gasteiger partial charge in [0.15, 0.2) is 0 Å². The molecule has 0 amide bonds. The van der Waals surface area contributed by atoms with Crippen LogP contribution in [0.3, 0.4) is 0 Å². The average molecular weight is 260 g/mol. The van der Waals surface area contributed by atoms with E-state index in [0.29, 0.717) is 5.92 Å².